The Morgan fingerprint density at radius 3 is 2.58 bits per heavy atom. The zero-order chi connectivity index (χ0) is 8.97. The summed E-state index contributed by atoms with van der Waals surface area (Å²) in [7, 11) is 0. The second kappa shape index (κ2) is 4.47. The molecular formula is C10H18N2. The van der Waals surface area contributed by atoms with Gasteiger partial charge in [0.2, 0.25) is 0 Å². The second-order valence-corrected chi connectivity index (χ2v) is 4.00. The predicted molar refractivity (Wildman–Crippen MR) is 49.5 cm³/mol. The van der Waals surface area contributed by atoms with Gasteiger partial charge in [0.1, 0.15) is 0 Å². The molecule has 1 N–H and O–H groups in total. The largest absolute Gasteiger partial charge is 0.315 e. The Morgan fingerprint density at radius 1 is 1.42 bits per heavy atom. The Kier molecular flexibility index (Phi) is 3.55. The SMILES string of the molecule is CC(C#N)CNCC(C)C1CC1. The summed E-state index contributed by atoms with van der Waals surface area (Å²) in [4.78, 5) is 0. The fraction of sp³-hybridized carbons (Fsp3) is 0.900. The molecule has 1 aliphatic carbocycles. The molecule has 2 nitrogen and oxygen atoms in total. The number of nitrogens with zero attached hydrogens (tertiary/aromatic N) is 1. The zero-order valence-corrected chi connectivity index (χ0v) is 8.01. The van der Waals surface area contributed by atoms with Crippen molar-refractivity contribution in [3.63, 3.8) is 0 Å². The number of nitrogens with one attached hydrogen (secondary N) is 1. The summed E-state index contributed by atoms with van der Waals surface area (Å²) < 4.78 is 0. The molecule has 2 heteroatoms. The van der Waals surface area contributed by atoms with Gasteiger partial charge in [-0.15, -0.1) is 0 Å². The summed E-state index contributed by atoms with van der Waals surface area (Å²) in [5, 5.41) is 11.9. The highest BCUT2D eigenvalue weighted by molar-refractivity contribution is 4.83. The van der Waals surface area contributed by atoms with Crippen molar-refractivity contribution in [1.29, 1.82) is 5.26 Å². The van der Waals surface area contributed by atoms with Crippen LogP contribution in [0.3, 0.4) is 0 Å². The molecule has 2 atom stereocenters. The van der Waals surface area contributed by atoms with Crippen LogP contribution in [0.1, 0.15) is 26.7 Å². The summed E-state index contributed by atoms with van der Waals surface area (Å²) in [5.74, 6) is 1.92. The van der Waals surface area contributed by atoms with Crippen molar-refractivity contribution in [3.05, 3.63) is 0 Å². The van der Waals surface area contributed by atoms with E-state index in [1.165, 1.54) is 12.8 Å². The summed E-state index contributed by atoms with van der Waals surface area (Å²) >= 11 is 0. The third kappa shape index (κ3) is 3.23. The van der Waals surface area contributed by atoms with Crippen molar-refractivity contribution in [3.8, 4) is 6.07 Å². The normalized spacial score (nSPS) is 21.4. The summed E-state index contributed by atoms with van der Waals surface area (Å²) in [5.41, 5.74) is 0. The van der Waals surface area contributed by atoms with E-state index in [4.69, 9.17) is 5.26 Å². The van der Waals surface area contributed by atoms with E-state index in [9.17, 15) is 0 Å². The van der Waals surface area contributed by atoms with E-state index >= 15 is 0 Å². The number of nitriles is 1. The van der Waals surface area contributed by atoms with E-state index < -0.39 is 0 Å². The lowest BCUT2D eigenvalue weighted by Crippen LogP contribution is -2.26. The summed E-state index contributed by atoms with van der Waals surface area (Å²) in [6.07, 6.45) is 2.83. The highest BCUT2D eigenvalue weighted by Gasteiger charge is 2.27. The van der Waals surface area contributed by atoms with Crippen molar-refractivity contribution in [2.75, 3.05) is 13.1 Å². The Morgan fingerprint density at radius 2 is 2.08 bits per heavy atom. The Labute approximate surface area is 75.0 Å². The summed E-state index contributed by atoms with van der Waals surface area (Å²) in [6.45, 7) is 6.17. The third-order valence-electron chi connectivity index (χ3n) is 2.56. The van der Waals surface area contributed by atoms with Crippen LogP contribution in [0, 0.1) is 29.1 Å². The minimum atomic E-state index is 0.149. The van der Waals surface area contributed by atoms with Gasteiger partial charge >= 0.3 is 0 Å². The molecule has 0 radical (unpaired) electrons. The quantitative estimate of drug-likeness (QED) is 0.675. The van der Waals surface area contributed by atoms with E-state index in [1.54, 1.807) is 0 Å². The molecule has 0 aromatic carbocycles. The molecule has 1 fully saturated rings. The minimum absolute atomic E-state index is 0.149. The maximum atomic E-state index is 8.53. The first-order valence-corrected chi connectivity index (χ1v) is 4.84. The molecule has 0 aromatic heterocycles. The van der Waals surface area contributed by atoms with Crippen LogP contribution in [0.4, 0.5) is 0 Å². The third-order valence-corrected chi connectivity index (χ3v) is 2.56. The zero-order valence-electron chi connectivity index (χ0n) is 8.01. The van der Waals surface area contributed by atoms with Crippen molar-refractivity contribution >= 4 is 0 Å². The van der Waals surface area contributed by atoms with E-state index in [0.717, 1.165) is 24.9 Å². The smallest absolute Gasteiger partial charge is 0.0666 e. The van der Waals surface area contributed by atoms with E-state index in [0.29, 0.717) is 0 Å². The van der Waals surface area contributed by atoms with Gasteiger partial charge < -0.3 is 5.32 Å². The van der Waals surface area contributed by atoms with Crippen LogP contribution < -0.4 is 5.32 Å². The number of hydrogen-bond donors (Lipinski definition) is 1. The second-order valence-electron chi connectivity index (χ2n) is 4.00. The van der Waals surface area contributed by atoms with Gasteiger partial charge in [0.25, 0.3) is 0 Å². The first kappa shape index (κ1) is 9.54. The molecule has 1 rings (SSSR count). The fourth-order valence-electron chi connectivity index (χ4n) is 1.41. The molecule has 2 unspecified atom stereocenters. The first-order chi connectivity index (χ1) is 5.74. The van der Waals surface area contributed by atoms with Gasteiger partial charge in [0.05, 0.1) is 12.0 Å². The highest BCUT2D eigenvalue weighted by Crippen LogP contribution is 2.35. The van der Waals surface area contributed by atoms with E-state index in [1.807, 2.05) is 6.92 Å². The molecule has 0 amide bonds. The van der Waals surface area contributed by atoms with Crippen LogP contribution in [0.15, 0.2) is 0 Å². The Bertz CT molecular complexity index is 167. The van der Waals surface area contributed by atoms with Gasteiger partial charge in [-0.25, -0.2) is 0 Å². The topological polar surface area (TPSA) is 35.8 Å². The van der Waals surface area contributed by atoms with Crippen molar-refractivity contribution < 1.29 is 0 Å². The van der Waals surface area contributed by atoms with Gasteiger partial charge in [0.15, 0.2) is 0 Å². The fourth-order valence-corrected chi connectivity index (χ4v) is 1.41. The van der Waals surface area contributed by atoms with Gasteiger partial charge in [-0.1, -0.05) is 6.92 Å². The molecule has 0 saturated heterocycles. The lowest BCUT2D eigenvalue weighted by molar-refractivity contribution is 0.450. The Hall–Kier alpha value is -0.550. The molecule has 0 spiro atoms. The molecule has 1 saturated carbocycles. The van der Waals surface area contributed by atoms with Gasteiger partial charge in [-0.3, -0.25) is 0 Å². The maximum absolute atomic E-state index is 8.53. The molecule has 0 bridgehead atoms. The minimum Gasteiger partial charge on any atom is -0.315 e. The van der Waals surface area contributed by atoms with Crippen LogP contribution >= 0.6 is 0 Å². The molecular weight excluding hydrogens is 148 g/mol. The molecule has 68 valence electrons. The van der Waals surface area contributed by atoms with Crippen LogP contribution in [-0.2, 0) is 0 Å². The molecule has 0 aliphatic heterocycles. The molecule has 1 aliphatic rings. The average Bonchev–Trinajstić information content (AvgIpc) is 2.86. The molecule has 12 heavy (non-hydrogen) atoms. The highest BCUT2D eigenvalue weighted by atomic mass is 14.9. The van der Waals surface area contributed by atoms with Crippen molar-refractivity contribution in [2.45, 2.75) is 26.7 Å². The molecule has 0 heterocycles. The monoisotopic (exact) mass is 166 g/mol. The van der Waals surface area contributed by atoms with Crippen molar-refractivity contribution in [1.82, 2.24) is 5.32 Å². The standard InChI is InChI=1S/C10H18N2/c1-8(5-11)6-12-7-9(2)10-3-4-10/h8-10,12H,3-4,6-7H2,1-2H3. The van der Waals surface area contributed by atoms with Gasteiger partial charge in [-0.05, 0) is 38.1 Å². The van der Waals surface area contributed by atoms with Crippen LogP contribution in [0.2, 0.25) is 0 Å². The number of rotatable bonds is 5. The predicted octanol–water partition coefficient (Wildman–Crippen LogP) is 1.78. The van der Waals surface area contributed by atoms with Crippen LogP contribution in [0.25, 0.3) is 0 Å². The van der Waals surface area contributed by atoms with Crippen molar-refractivity contribution in [2.24, 2.45) is 17.8 Å². The summed E-state index contributed by atoms with van der Waals surface area (Å²) in [6, 6.07) is 2.22. The van der Waals surface area contributed by atoms with Crippen LogP contribution in [-0.4, -0.2) is 13.1 Å². The molecule has 0 aromatic rings. The van der Waals surface area contributed by atoms with E-state index in [2.05, 4.69) is 18.3 Å². The lowest BCUT2D eigenvalue weighted by Gasteiger charge is -2.11. The average molecular weight is 166 g/mol. The van der Waals surface area contributed by atoms with Gasteiger partial charge in [-0.2, -0.15) is 5.26 Å². The number of hydrogen-bond acceptors (Lipinski definition) is 2. The van der Waals surface area contributed by atoms with Gasteiger partial charge in [0, 0.05) is 6.54 Å². The first-order valence-electron chi connectivity index (χ1n) is 4.84. The maximum Gasteiger partial charge on any atom is 0.0666 e. The van der Waals surface area contributed by atoms with Crippen LogP contribution in [0.5, 0.6) is 0 Å². The Balaban J connectivity index is 1.98. The van der Waals surface area contributed by atoms with E-state index in [-0.39, 0.29) is 5.92 Å². The lowest BCUT2D eigenvalue weighted by atomic mass is 10.1.